The average Bonchev–Trinajstić information content (AvgIpc) is 3.32. The lowest BCUT2D eigenvalue weighted by molar-refractivity contribution is 0.401. The summed E-state index contributed by atoms with van der Waals surface area (Å²) in [5, 5.41) is 2.97. The van der Waals surface area contributed by atoms with Crippen molar-refractivity contribution in [3.63, 3.8) is 0 Å². The first kappa shape index (κ1) is 13.8. The van der Waals surface area contributed by atoms with Crippen molar-refractivity contribution in [3.05, 3.63) is 18.3 Å². The Morgan fingerprint density at radius 3 is 2.50 bits per heavy atom. The fourth-order valence-corrected chi connectivity index (χ4v) is 4.04. The van der Waals surface area contributed by atoms with E-state index in [1.54, 1.807) is 19.2 Å². The van der Waals surface area contributed by atoms with E-state index in [-0.39, 0.29) is 5.03 Å². The second kappa shape index (κ2) is 5.33. The highest BCUT2D eigenvalue weighted by Crippen LogP contribution is 2.48. The zero-order chi connectivity index (χ0) is 14.2. The van der Waals surface area contributed by atoms with Gasteiger partial charge in [-0.15, -0.1) is 0 Å². The van der Waals surface area contributed by atoms with Crippen molar-refractivity contribution in [1.82, 2.24) is 9.71 Å². The molecule has 2 N–H and O–H groups in total. The first-order valence-corrected chi connectivity index (χ1v) is 8.72. The number of anilines is 1. The zero-order valence-electron chi connectivity index (χ0n) is 11.7. The molecule has 2 aliphatic rings. The maximum atomic E-state index is 12.4. The van der Waals surface area contributed by atoms with Gasteiger partial charge in [0.1, 0.15) is 0 Å². The van der Waals surface area contributed by atoms with Crippen LogP contribution >= 0.6 is 0 Å². The van der Waals surface area contributed by atoms with E-state index in [1.807, 2.05) is 0 Å². The second-order valence-corrected chi connectivity index (χ2v) is 7.48. The molecule has 0 saturated heterocycles. The molecule has 2 saturated carbocycles. The van der Waals surface area contributed by atoms with Gasteiger partial charge >= 0.3 is 0 Å². The Bertz CT molecular complexity index is 568. The van der Waals surface area contributed by atoms with Crippen molar-refractivity contribution >= 4 is 15.7 Å². The minimum atomic E-state index is -3.53. The number of nitrogens with zero attached hydrogens (tertiary/aromatic N) is 1. The lowest BCUT2D eigenvalue weighted by Crippen LogP contribution is -2.32. The molecule has 0 radical (unpaired) electrons. The third kappa shape index (κ3) is 2.96. The van der Waals surface area contributed by atoms with Crippen LogP contribution < -0.4 is 10.0 Å². The van der Waals surface area contributed by atoms with Gasteiger partial charge in [-0.2, -0.15) is 0 Å². The zero-order valence-corrected chi connectivity index (χ0v) is 12.5. The normalized spacial score (nSPS) is 19.3. The summed E-state index contributed by atoms with van der Waals surface area (Å²) < 4.78 is 27.5. The van der Waals surface area contributed by atoms with E-state index in [1.165, 1.54) is 31.9 Å². The van der Waals surface area contributed by atoms with Crippen LogP contribution in [0.5, 0.6) is 0 Å². The molecule has 5 nitrogen and oxygen atoms in total. The summed E-state index contributed by atoms with van der Waals surface area (Å²) in [6, 6.07) is 3.45. The van der Waals surface area contributed by atoms with Crippen LogP contribution in [0.1, 0.15) is 25.7 Å². The summed E-state index contributed by atoms with van der Waals surface area (Å²) >= 11 is 0. The van der Waals surface area contributed by atoms with Crippen LogP contribution in [0.3, 0.4) is 0 Å². The van der Waals surface area contributed by atoms with Gasteiger partial charge in [0.15, 0.2) is 5.03 Å². The first-order chi connectivity index (χ1) is 9.62. The second-order valence-electron chi connectivity index (χ2n) is 5.80. The Morgan fingerprint density at radius 2 is 1.95 bits per heavy atom. The van der Waals surface area contributed by atoms with Crippen LogP contribution in [0.2, 0.25) is 0 Å². The molecule has 0 aromatic carbocycles. The van der Waals surface area contributed by atoms with Crippen LogP contribution in [0.4, 0.5) is 5.69 Å². The molecule has 0 bridgehead atoms. The third-order valence-electron chi connectivity index (χ3n) is 4.26. The molecule has 2 aliphatic carbocycles. The Labute approximate surface area is 120 Å². The van der Waals surface area contributed by atoms with E-state index >= 15 is 0 Å². The lowest BCUT2D eigenvalue weighted by atomic mass is 9.99. The molecule has 0 spiro atoms. The quantitative estimate of drug-likeness (QED) is 0.805. The Balaban J connectivity index is 1.71. The highest BCUT2D eigenvalue weighted by atomic mass is 32.2. The van der Waals surface area contributed by atoms with E-state index in [2.05, 4.69) is 15.0 Å². The minimum Gasteiger partial charge on any atom is -0.386 e. The molecule has 0 aliphatic heterocycles. The number of hydrogen-bond acceptors (Lipinski definition) is 4. The Kier molecular flexibility index (Phi) is 3.69. The van der Waals surface area contributed by atoms with Crippen molar-refractivity contribution in [1.29, 1.82) is 0 Å². The van der Waals surface area contributed by atoms with Gasteiger partial charge in [0.25, 0.3) is 10.0 Å². The molecule has 3 rings (SSSR count). The summed E-state index contributed by atoms with van der Waals surface area (Å²) in [7, 11) is -1.83. The van der Waals surface area contributed by atoms with Crippen LogP contribution in [0.15, 0.2) is 23.4 Å². The molecular weight excluding hydrogens is 274 g/mol. The first-order valence-electron chi connectivity index (χ1n) is 7.24. The van der Waals surface area contributed by atoms with Gasteiger partial charge < -0.3 is 5.32 Å². The maximum absolute atomic E-state index is 12.4. The predicted molar refractivity (Wildman–Crippen MR) is 77.9 cm³/mol. The molecule has 0 unspecified atom stereocenters. The van der Waals surface area contributed by atoms with E-state index < -0.39 is 10.0 Å². The van der Waals surface area contributed by atoms with Crippen LogP contribution in [-0.2, 0) is 10.0 Å². The summed E-state index contributed by atoms with van der Waals surface area (Å²) in [5.74, 6) is 1.99. The van der Waals surface area contributed by atoms with E-state index in [9.17, 15) is 8.42 Å². The van der Waals surface area contributed by atoms with Crippen LogP contribution in [-0.4, -0.2) is 27.0 Å². The molecule has 20 heavy (non-hydrogen) atoms. The molecule has 1 heterocycles. The minimum absolute atomic E-state index is 0.0906. The van der Waals surface area contributed by atoms with E-state index in [0.29, 0.717) is 18.2 Å². The fourth-order valence-electron chi connectivity index (χ4n) is 2.84. The lowest BCUT2D eigenvalue weighted by Gasteiger charge is -2.17. The molecule has 110 valence electrons. The molecule has 1 aromatic rings. The van der Waals surface area contributed by atoms with E-state index in [0.717, 1.165) is 11.8 Å². The standard InChI is InChI=1S/C14H21N3O2S/c1-15-13-3-2-8-16-14(13)20(18,19)17-9-12(10-4-5-10)11-6-7-11/h2-3,8,10-12,15,17H,4-7,9H2,1H3. The van der Waals surface area contributed by atoms with Gasteiger partial charge in [-0.05, 0) is 55.6 Å². The molecule has 0 amide bonds. The summed E-state index contributed by atoms with van der Waals surface area (Å²) in [4.78, 5) is 4.01. The fraction of sp³-hybridized carbons (Fsp3) is 0.643. The summed E-state index contributed by atoms with van der Waals surface area (Å²) in [6.45, 7) is 0.553. The number of sulfonamides is 1. The third-order valence-corrected chi connectivity index (χ3v) is 5.64. The molecular formula is C14H21N3O2S. The van der Waals surface area contributed by atoms with Crippen LogP contribution in [0, 0.1) is 17.8 Å². The van der Waals surface area contributed by atoms with Crippen molar-refractivity contribution in [2.75, 3.05) is 18.9 Å². The highest BCUT2D eigenvalue weighted by molar-refractivity contribution is 7.89. The number of nitrogens with one attached hydrogen (secondary N) is 2. The highest BCUT2D eigenvalue weighted by Gasteiger charge is 2.41. The largest absolute Gasteiger partial charge is 0.386 e. The van der Waals surface area contributed by atoms with Crippen molar-refractivity contribution in [3.8, 4) is 0 Å². The van der Waals surface area contributed by atoms with Crippen LogP contribution in [0.25, 0.3) is 0 Å². The van der Waals surface area contributed by atoms with Gasteiger partial charge in [-0.3, -0.25) is 0 Å². The topological polar surface area (TPSA) is 71.1 Å². The van der Waals surface area contributed by atoms with Crippen molar-refractivity contribution in [2.45, 2.75) is 30.7 Å². The number of aromatic nitrogens is 1. The summed E-state index contributed by atoms with van der Waals surface area (Å²) in [6.07, 6.45) is 6.54. The number of rotatable bonds is 7. The molecule has 1 aromatic heterocycles. The smallest absolute Gasteiger partial charge is 0.260 e. The molecule has 0 atom stereocenters. The monoisotopic (exact) mass is 295 g/mol. The number of hydrogen-bond donors (Lipinski definition) is 2. The van der Waals surface area contributed by atoms with E-state index in [4.69, 9.17) is 0 Å². The summed E-state index contributed by atoms with van der Waals surface area (Å²) in [5.41, 5.74) is 0.536. The van der Waals surface area contributed by atoms with Gasteiger partial charge in [-0.1, -0.05) is 0 Å². The van der Waals surface area contributed by atoms with Crippen molar-refractivity contribution in [2.24, 2.45) is 17.8 Å². The van der Waals surface area contributed by atoms with Gasteiger partial charge in [-0.25, -0.2) is 18.1 Å². The number of pyridine rings is 1. The molecule has 2 fully saturated rings. The van der Waals surface area contributed by atoms with Crippen molar-refractivity contribution < 1.29 is 8.42 Å². The Morgan fingerprint density at radius 1 is 1.30 bits per heavy atom. The van der Waals surface area contributed by atoms with Gasteiger partial charge in [0.2, 0.25) is 0 Å². The Hall–Kier alpha value is -1.14. The predicted octanol–water partition coefficient (Wildman–Crippen LogP) is 1.84. The van der Waals surface area contributed by atoms with Gasteiger partial charge in [0, 0.05) is 19.8 Å². The molecule has 6 heteroatoms. The average molecular weight is 295 g/mol. The SMILES string of the molecule is CNc1cccnc1S(=O)(=O)NCC(C1CC1)C1CC1. The van der Waals surface area contributed by atoms with Gasteiger partial charge in [0.05, 0.1) is 5.69 Å². The maximum Gasteiger partial charge on any atom is 0.260 e.